The van der Waals surface area contributed by atoms with Crippen molar-refractivity contribution in [2.75, 3.05) is 5.32 Å². The largest absolute Gasteiger partial charge is 0.416 e. The number of amides is 1. The maximum Gasteiger partial charge on any atom is 0.416 e. The van der Waals surface area contributed by atoms with Gasteiger partial charge in [0.2, 0.25) is 0 Å². The van der Waals surface area contributed by atoms with Crippen LogP contribution in [-0.2, 0) is 6.18 Å². The van der Waals surface area contributed by atoms with Crippen LogP contribution >= 0.6 is 0 Å². The van der Waals surface area contributed by atoms with E-state index in [0.29, 0.717) is 5.69 Å². The van der Waals surface area contributed by atoms with Gasteiger partial charge in [-0.2, -0.15) is 13.2 Å². The van der Waals surface area contributed by atoms with Crippen LogP contribution in [0.25, 0.3) is 0 Å². The number of rotatable bonds is 2. The Morgan fingerprint density at radius 3 is 2.19 bits per heavy atom. The van der Waals surface area contributed by atoms with Gasteiger partial charge < -0.3 is 5.32 Å². The molecule has 0 aromatic heterocycles. The monoisotopic (exact) mass is 293 g/mol. The summed E-state index contributed by atoms with van der Waals surface area (Å²) in [4.78, 5) is 12.0. The normalized spacial score (nSPS) is 11.3. The minimum Gasteiger partial charge on any atom is -0.322 e. The van der Waals surface area contributed by atoms with Crippen LogP contribution < -0.4 is 5.32 Å². The Hall–Kier alpha value is -2.30. The van der Waals surface area contributed by atoms with Crippen LogP contribution in [-0.4, -0.2) is 5.91 Å². The zero-order valence-corrected chi connectivity index (χ0v) is 11.6. The molecular formula is C16H14F3NO. The number of carbonyl (C=O) groups excluding carboxylic acids is 1. The van der Waals surface area contributed by atoms with Crippen molar-refractivity contribution in [2.24, 2.45) is 0 Å². The molecule has 0 bridgehead atoms. The highest BCUT2D eigenvalue weighted by Gasteiger charge is 2.30. The number of alkyl halides is 3. The molecule has 0 saturated heterocycles. The number of anilines is 1. The fraction of sp³-hybridized carbons (Fsp3) is 0.188. The zero-order valence-electron chi connectivity index (χ0n) is 11.6. The molecule has 0 fully saturated rings. The van der Waals surface area contributed by atoms with Gasteiger partial charge in [0.25, 0.3) is 5.91 Å². The van der Waals surface area contributed by atoms with Gasteiger partial charge in [-0.3, -0.25) is 4.79 Å². The van der Waals surface area contributed by atoms with Crippen molar-refractivity contribution >= 4 is 11.6 Å². The molecule has 2 nitrogen and oxygen atoms in total. The van der Waals surface area contributed by atoms with Gasteiger partial charge in [0, 0.05) is 11.3 Å². The first-order chi connectivity index (χ1) is 9.79. The van der Waals surface area contributed by atoms with Crippen LogP contribution in [0.15, 0.2) is 42.5 Å². The molecule has 2 rings (SSSR count). The third kappa shape index (κ3) is 3.42. The molecule has 0 unspecified atom stereocenters. The summed E-state index contributed by atoms with van der Waals surface area (Å²) in [6.07, 6.45) is -4.40. The predicted molar refractivity (Wildman–Crippen MR) is 75.3 cm³/mol. The minimum absolute atomic E-state index is 0.184. The number of benzene rings is 2. The lowest BCUT2D eigenvalue weighted by molar-refractivity contribution is -0.137. The van der Waals surface area contributed by atoms with Crippen LogP contribution in [0.4, 0.5) is 18.9 Å². The minimum atomic E-state index is -4.40. The van der Waals surface area contributed by atoms with Gasteiger partial charge in [-0.15, -0.1) is 0 Å². The molecule has 0 aliphatic rings. The van der Waals surface area contributed by atoms with E-state index in [2.05, 4.69) is 5.32 Å². The number of aryl methyl sites for hydroxylation is 1. The van der Waals surface area contributed by atoms with E-state index in [-0.39, 0.29) is 5.56 Å². The van der Waals surface area contributed by atoms with E-state index in [9.17, 15) is 18.0 Å². The highest BCUT2D eigenvalue weighted by molar-refractivity contribution is 6.04. The topological polar surface area (TPSA) is 29.1 Å². The summed E-state index contributed by atoms with van der Waals surface area (Å²) in [6, 6.07) is 9.63. The van der Waals surface area contributed by atoms with Crippen molar-refractivity contribution in [3.05, 3.63) is 64.7 Å². The molecule has 0 saturated carbocycles. The lowest BCUT2D eigenvalue weighted by Gasteiger charge is -2.11. The SMILES string of the molecule is Cc1cccc(NC(=O)c2ccc(C(F)(F)F)cc2)c1C. The standard InChI is InChI=1S/C16H14F3NO/c1-10-4-3-5-14(11(10)2)20-15(21)12-6-8-13(9-7-12)16(17,18)19/h3-9H,1-2H3,(H,20,21). The van der Waals surface area contributed by atoms with E-state index in [1.807, 2.05) is 26.0 Å². The Kier molecular flexibility index (Phi) is 4.02. The maximum absolute atomic E-state index is 12.5. The van der Waals surface area contributed by atoms with E-state index in [0.717, 1.165) is 23.3 Å². The van der Waals surface area contributed by atoms with Gasteiger partial charge in [0.1, 0.15) is 0 Å². The van der Waals surface area contributed by atoms with Crippen LogP contribution in [0.2, 0.25) is 0 Å². The van der Waals surface area contributed by atoms with Crippen molar-refractivity contribution in [1.29, 1.82) is 0 Å². The molecule has 0 spiro atoms. The smallest absolute Gasteiger partial charge is 0.322 e. The second-order valence-corrected chi connectivity index (χ2v) is 4.78. The van der Waals surface area contributed by atoms with Gasteiger partial charge in [0.15, 0.2) is 0 Å². The van der Waals surface area contributed by atoms with Crippen molar-refractivity contribution < 1.29 is 18.0 Å². The number of nitrogens with one attached hydrogen (secondary N) is 1. The number of carbonyl (C=O) groups is 1. The van der Waals surface area contributed by atoms with E-state index in [1.165, 1.54) is 12.1 Å². The van der Waals surface area contributed by atoms with Gasteiger partial charge in [-0.05, 0) is 55.3 Å². The lowest BCUT2D eigenvalue weighted by Crippen LogP contribution is -2.13. The second kappa shape index (κ2) is 5.60. The van der Waals surface area contributed by atoms with E-state index < -0.39 is 17.6 Å². The highest BCUT2D eigenvalue weighted by Crippen LogP contribution is 2.29. The maximum atomic E-state index is 12.5. The first kappa shape index (κ1) is 15.1. The molecule has 0 aliphatic heterocycles. The van der Waals surface area contributed by atoms with Crippen molar-refractivity contribution in [3.8, 4) is 0 Å². The Labute approximate surface area is 120 Å². The first-order valence-corrected chi connectivity index (χ1v) is 6.34. The fourth-order valence-electron chi connectivity index (χ4n) is 1.89. The molecule has 0 radical (unpaired) electrons. The summed E-state index contributed by atoms with van der Waals surface area (Å²) in [6.45, 7) is 3.79. The average molecular weight is 293 g/mol. The molecule has 21 heavy (non-hydrogen) atoms. The van der Waals surface area contributed by atoms with Crippen molar-refractivity contribution in [2.45, 2.75) is 20.0 Å². The molecule has 2 aromatic carbocycles. The summed E-state index contributed by atoms with van der Waals surface area (Å²) >= 11 is 0. The molecule has 2 aromatic rings. The van der Waals surface area contributed by atoms with Gasteiger partial charge in [-0.25, -0.2) is 0 Å². The predicted octanol–water partition coefficient (Wildman–Crippen LogP) is 4.57. The van der Waals surface area contributed by atoms with E-state index >= 15 is 0 Å². The van der Waals surface area contributed by atoms with Crippen LogP contribution in [0, 0.1) is 13.8 Å². The third-order valence-corrected chi connectivity index (χ3v) is 3.33. The Morgan fingerprint density at radius 1 is 1.00 bits per heavy atom. The summed E-state index contributed by atoms with van der Waals surface area (Å²) in [5.41, 5.74) is 2.02. The van der Waals surface area contributed by atoms with Gasteiger partial charge in [-0.1, -0.05) is 12.1 Å². The Balaban J connectivity index is 2.19. The molecule has 1 N–H and O–H groups in total. The zero-order chi connectivity index (χ0) is 15.6. The molecule has 0 aliphatic carbocycles. The molecular weight excluding hydrogens is 279 g/mol. The van der Waals surface area contributed by atoms with Crippen molar-refractivity contribution in [1.82, 2.24) is 0 Å². The summed E-state index contributed by atoms with van der Waals surface area (Å²) in [5, 5.41) is 2.71. The average Bonchev–Trinajstić information content (AvgIpc) is 2.43. The summed E-state index contributed by atoms with van der Waals surface area (Å²) in [7, 11) is 0. The van der Waals surface area contributed by atoms with Crippen LogP contribution in [0.1, 0.15) is 27.0 Å². The van der Waals surface area contributed by atoms with Crippen LogP contribution in [0.3, 0.4) is 0 Å². The molecule has 0 atom stereocenters. The molecule has 110 valence electrons. The number of hydrogen-bond donors (Lipinski definition) is 1. The summed E-state index contributed by atoms with van der Waals surface area (Å²) in [5.74, 6) is -0.433. The van der Waals surface area contributed by atoms with E-state index in [4.69, 9.17) is 0 Å². The summed E-state index contributed by atoms with van der Waals surface area (Å²) < 4.78 is 37.4. The van der Waals surface area contributed by atoms with Gasteiger partial charge >= 0.3 is 6.18 Å². The third-order valence-electron chi connectivity index (χ3n) is 3.33. The second-order valence-electron chi connectivity index (χ2n) is 4.78. The Bertz CT molecular complexity index is 660. The lowest BCUT2D eigenvalue weighted by atomic mass is 10.1. The fourth-order valence-corrected chi connectivity index (χ4v) is 1.89. The van der Waals surface area contributed by atoms with Crippen molar-refractivity contribution in [3.63, 3.8) is 0 Å². The van der Waals surface area contributed by atoms with Crippen LogP contribution in [0.5, 0.6) is 0 Å². The molecule has 0 heterocycles. The molecule has 5 heteroatoms. The Morgan fingerprint density at radius 2 is 1.62 bits per heavy atom. The van der Waals surface area contributed by atoms with E-state index in [1.54, 1.807) is 6.07 Å². The number of hydrogen-bond acceptors (Lipinski definition) is 1. The number of halogens is 3. The van der Waals surface area contributed by atoms with Gasteiger partial charge in [0.05, 0.1) is 5.56 Å². The first-order valence-electron chi connectivity index (χ1n) is 6.34. The quantitative estimate of drug-likeness (QED) is 0.863. The molecule has 1 amide bonds. The highest BCUT2D eigenvalue weighted by atomic mass is 19.4.